The van der Waals surface area contributed by atoms with E-state index in [9.17, 15) is 18.8 Å². The topological polar surface area (TPSA) is 60.9 Å². The van der Waals surface area contributed by atoms with E-state index in [2.05, 4.69) is 0 Å². The van der Waals surface area contributed by atoms with Crippen LogP contribution in [0.3, 0.4) is 0 Å². The first kappa shape index (κ1) is 18.4. The maximum absolute atomic E-state index is 13.9. The second-order valence-corrected chi connectivity index (χ2v) is 7.20. The van der Waals surface area contributed by atoms with E-state index >= 15 is 0 Å². The van der Waals surface area contributed by atoms with E-state index in [4.69, 9.17) is 0 Å². The van der Waals surface area contributed by atoms with Gasteiger partial charge in [0.1, 0.15) is 12.4 Å². The van der Waals surface area contributed by atoms with Crippen molar-refractivity contribution in [2.24, 2.45) is 5.41 Å². The minimum Gasteiger partial charge on any atom is -0.366 e. The average molecular weight is 361 g/mol. The number of amides is 3. The minimum absolute atomic E-state index is 0.163. The normalized spacial score (nSPS) is 23.7. The van der Waals surface area contributed by atoms with Crippen molar-refractivity contribution in [2.75, 3.05) is 37.6 Å². The Morgan fingerprint density at radius 3 is 2.38 bits per heavy atom. The van der Waals surface area contributed by atoms with Gasteiger partial charge < -0.3 is 9.80 Å². The van der Waals surface area contributed by atoms with Gasteiger partial charge in [-0.05, 0) is 18.6 Å². The molecule has 0 saturated carbocycles. The molecule has 0 N–H and O–H groups in total. The number of para-hydroxylation sites is 1. The van der Waals surface area contributed by atoms with Crippen LogP contribution in [0.5, 0.6) is 0 Å². The van der Waals surface area contributed by atoms with E-state index < -0.39 is 5.41 Å². The van der Waals surface area contributed by atoms with Gasteiger partial charge in [-0.25, -0.2) is 4.39 Å². The van der Waals surface area contributed by atoms with Crippen molar-refractivity contribution in [1.82, 2.24) is 9.80 Å². The lowest BCUT2D eigenvalue weighted by Crippen LogP contribution is -2.52. The predicted octanol–water partition coefficient (Wildman–Crippen LogP) is 1.65. The number of hydrogen-bond donors (Lipinski definition) is 0. The van der Waals surface area contributed by atoms with E-state index in [0.717, 1.165) is 4.90 Å². The molecule has 0 spiro atoms. The van der Waals surface area contributed by atoms with Crippen LogP contribution in [-0.2, 0) is 14.4 Å². The van der Waals surface area contributed by atoms with Gasteiger partial charge in [-0.1, -0.05) is 26.0 Å². The fourth-order valence-electron chi connectivity index (χ4n) is 3.52. The molecule has 26 heavy (non-hydrogen) atoms. The number of imide groups is 1. The fourth-order valence-corrected chi connectivity index (χ4v) is 3.52. The van der Waals surface area contributed by atoms with Crippen LogP contribution in [0.15, 0.2) is 24.3 Å². The molecule has 2 heterocycles. The van der Waals surface area contributed by atoms with Gasteiger partial charge in [-0.3, -0.25) is 19.3 Å². The third kappa shape index (κ3) is 3.30. The summed E-state index contributed by atoms with van der Waals surface area (Å²) >= 11 is 0. The zero-order valence-corrected chi connectivity index (χ0v) is 15.2. The molecule has 0 radical (unpaired) electrons. The van der Waals surface area contributed by atoms with Crippen LogP contribution >= 0.6 is 0 Å². The maximum Gasteiger partial charge on any atom is 0.242 e. The van der Waals surface area contributed by atoms with E-state index in [1.165, 1.54) is 6.07 Å². The molecule has 0 bridgehead atoms. The molecule has 1 atom stereocenters. The van der Waals surface area contributed by atoms with Gasteiger partial charge in [0.05, 0.1) is 11.1 Å². The molecule has 1 unspecified atom stereocenters. The number of nitrogens with zero attached hydrogens (tertiary/aromatic N) is 3. The van der Waals surface area contributed by atoms with E-state index in [0.29, 0.717) is 38.3 Å². The number of hydrogen-bond acceptors (Lipinski definition) is 4. The molecule has 3 rings (SSSR count). The number of anilines is 1. The lowest BCUT2D eigenvalue weighted by atomic mass is 9.86. The SMILES string of the molecule is CCC1(C)CC(=O)N(CC(=O)N2CCN(c3ccccc3F)CC2)C1=O. The van der Waals surface area contributed by atoms with Gasteiger partial charge >= 0.3 is 0 Å². The first-order chi connectivity index (χ1) is 12.4. The summed E-state index contributed by atoms with van der Waals surface area (Å²) in [7, 11) is 0. The van der Waals surface area contributed by atoms with Crippen molar-refractivity contribution in [2.45, 2.75) is 26.7 Å². The highest BCUT2D eigenvalue weighted by Gasteiger charge is 2.47. The van der Waals surface area contributed by atoms with E-state index in [1.54, 1.807) is 30.0 Å². The Bertz CT molecular complexity index is 730. The number of halogens is 1. The van der Waals surface area contributed by atoms with Gasteiger partial charge in [-0.2, -0.15) is 0 Å². The van der Waals surface area contributed by atoms with Crippen LogP contribution in [0.1, 0.15) is 26.7 Å². The lowest BCUT2D eigenvalue weighted by molar-refractivity contribution is -0.147. The summed E-state index contributed by atoms with van der Waals surface area (Å²) in [4.78, 5) is 41.8. The first-order valence-electron chi connectivity index (χ1n) is 8.98. The Labute approximate surface area is 152 Å². The molecule has 0 aromatic heterocycles. The van der Waals surface area contributed by atoms with Crippen LogP contribution in [0.2, 0.25) is 0 Å². The zero-order chi connectivity index (χ0) is 18.9. The van der Waals surface area contributed by atoms with Gasteiger partial charge in [0.15, 0.2) is 0 Å². The molecule has 3 amide bonds. The summed E-state index contributed by atoms with van der Waals surface area (Å²) in [5, 5.41) is 0. The van der Waals surface area contributed by atoms with E-state index in [-0.39, 0.29) is 36.5 Å². The van der Waals surface area contributed by atoms with Crippen molar-refractivity contribution in [3.05, 3.63) is 30.1 Å². The first-order valence-corrected chi connectivity index (χ1v) is 8.98. The second-order valence-electron chi connectivity index (χ2n) is 7.20. The highest BCUT2D eigenvalue weighted by Crippen LogP contribution is 2.35. The minimum atomic E-state index is -0.694. The van der Waals surface area contributed by atoms with Gasteiger partial charge in [0.25, 0.3) is 0 Å². The Morgan fingerprint density at radius 2 is 1.81 bits per heavy atom. The second kappa shape index (κ2) is 7.05. The summed E-state index contributed by atoms with van der Waals surface area (Å²) in [5.74, 6) is -1.05. The van der Waals surface area contributed by atoms with Crippen LogP contribution in [0, 0.1) is 11.2 Å². The highest BCUT2D eigenvalue weighted by atomic mass is 19.1. The van der Waals surface area contributed by atoms with Crippen molar-refractivity contribution >= 4 is 23.4 Å². The molecular weight excluding hydrogens is 337 g/mol. The molecule has 2 aliphatic heterocycles. The van der Waals surface area contributed by atoms with Crippen LogP contribution in [-0.4, -0.2) is 60.2 Å². The Kier molecular flexibility index (Phi) is 4.98. The third-order valence-electron chi connectivity index (χ3n) is 5.50. The molecule has 1 aromatic carbocycles. The van der Waals surface area contributed by atoms with Crippen molar-refractivity contribution in [3.8, 4) is 0 Å². The maximum atomic E-state index is 13.9. The van der Waals surface area contributed by atoms with Crippen molar-refractivity contribution in [1.29, 1.82) is 0 Å². The number of rotatable bonds is 4. The summed E-state index contributed by atoms with van der Waals surface area (Å²) in [5.41, 5.74) is -0.163. The van der Waals surface area contributed by atoms with Crippen LogP contribution < -0.4 is 4.90 Å². The molecule has 7 heteroatoms. The van der Waals surface area contributed by atoms with Crippen LogP contribution in [0.4, 0.5) is 10.1 Å². The standard InChI is InChI=1S/C19H24FN3O3/c1-3-19(2)12-16(24)23(18(19)26)13-17(25)22-10-8-21(9-11-22)15-7-5-4-6-14(15)20/h4-7H,3,8-13H2,1-2H3. The summed E-state index contributed by atoms with van der Waals surface area (Å²) in [6.45, 7) is 5.35. The van der Waals surface area contributed by atoms with Gasteiger partial charge in [-0.15, -0.1) is 0 Å². The predicted molar refractivity (Wildman–Crippen MR) is 94.9 cm³/mol. The number of benzene rings is 1. The number of carbonyl (C=O) groups excluding carboxylic acids is 3. The number of likely N-dealkylation sites (tertiary alicyclic amines) is 1. The van der Waals surface area contributed by atoms with Gasteiger partial charge in [0.2, 0.25) is 17.7 Å². The quantitative estimate of drug-likeness (QED) is 0.765. The summed E-state index contributed by atoms with van der Waals surface area (Å²) in [6.07, 6.45) is 0.736. The summed E-state index contributed by atoms with van der Waals surface area (Å²) in [6, 6.07) is 6.57. The Morgan fingerprint density at radius 1 is 1.15 bits per heavy atom. The average Bonchev–Trinajstić information content (AvgIpc) is 2.86. The highest BCUT2D eigenvalue weighted by molar-refractivity contribution is 6.07. The molecule has 2 saturated heterocycles. The largest absolute Gasteiger partial charge is 0.366 e. The van der Waals surface area contributed by atoms with Crippen molar-refractivity contribution in [3.63, 3.8) is 0 Å². The van der Waals surface area contributed by atoms with Crippen LogP contribution in [0.25, 0.3) is 0 Å². The molecule has 2 fully saturated rings. The fraction of sp³-hybridized carbons (Fsp3) is 0.526. The molecule has 0 aliphatic carbocycles. The third-order valence-corrected chi connectivity index (χ3v) is 5.50. The number of carbonyl (C=O) groups is 3. The lowest BCUT2D eigenvalue weighted by Gasteiger charge is -2.36. The monoisotopic (exact) mass is 361 g/mol. The molecule has 2 aliphatic rings. The van der Waals surface area contributed by atoms with Gasteiger partial charge in [0, 0.05) is 32.6 Å². The summed E-state index contributed by atoms with van der Waals surface area (Å²) < 4.78 is 13.9. The smallest absolute Gasteiger partial charge is 0.242 e. The van der Waals surface area contributed by atoms with E-state index in [1.807, 2.05) is 11.8 Å². The molecule has 1 aromatic rings. The van der Waals surface area contributed by atoms with Crippen molar-refractivity contribution < 1.29 is 18.8 Å². The Balaban J connectivity index is 1.59. The molecule has 6 nitrogen and oxygen atoms in total. The number of piperazine rings is 1. The zero-order valence-electron chi connectivity index (χ0n) is 15.2. The Hall–Kier alpha value is -2.44. The molecule has 140 valence electrons. The molecular formula is C19H24FN3O3.